The van der Waals surface area contributed by atoms with Crippen molar-refractivity contribution in [3.05, 3.63) is 71.8 Å². The smallest absolute Gasteiger partial charge is 0.00258 e. The molecule has 0 aromatic heterocycles. The van der Waals surface area contributed by atoms with Crippen LogP contribution < -0.4 is 0 Å². The molecule has 0 saturated heterocycles. The molecule has 0 heteroatoms. The van der Waals surface area contributed by atoms with Crippen LogP contribution in [0, 0.1) is 11.8 Å². The van der Waals surface area contributed by atoms with Gasteiger partial charge in [0.25, 0.3) is 0 Å². The van der Waals surface area contributed by atoms with E-state index >= 15 is 0 Å². The second kappa shape index (κ2) is 12.2. The van der Waals surface area contributed by atoms with Crippen LogP contribution in [0.1, 0.15) is 52.7 Å². The normalized spacial score (nSPS) is 9.52. The maximum Gasteiger partial charge on any atom is -0.00258 e. The van der Waals surface area contributed by atoms with Crippen LogP contribution in [0.2, 0.25) is 0 Å². The second-order valence-electron chi connectivity index (χ2n) is 6.61. The third-order valence-electron chi connectivity index (χ3n) is 2.09. The Balaban J connectivity index is 0.000000421. The zero-order chi connectivity index (χ0) is 16.1. The fourth-order valence-electron chi connectivity index (χ4n) is 1.43. The number of hydrogen-bond acceptors (Lipinski definition) is 0. The topological polar surface area (TPSA) is 0 Å². The van der Waals surface area contributed by atoms with E-state index in [0.29, 0.717) is 0 Å². The van der Waals surface area contributed by atoms with E-state index in [1.807, 2.05) is 0 Å². The van der Waals surface area contributed by atoms with Crippen molar-refractivity contribution >= 4 is 0 Å². The molecule has 0 nitrogen and oxygen atoms in total. The summed E-state index contributed by atoms with van der Waals surface area (Å²) in [6.07, 6.45) is 1.03. The van der Waals surface area contributed by atoms with Gasteiger partial charge >= 0.3 is 0 Å². The SMILES string of the molecule is CC(C)C.CC(C)C.c1ccc(Cc2ccccc2)cc1. The van der Waals surface area contributed by atoms with Gasteiger partial charge in [-0.25, -0.2) is 0 Å². The molecule has 0 aliphatic rings. The van der Waals surface area contributed by atoms with E-state index < -0.39 is 0 Å². The summed E-state index contributed by atoms with van der Waals surface area (Å²) in [7, 11) is 0. The van der Waals surface area contributed by atoms with Crippen molar-refractivity contribution in [2.75, 3.05) is 0 Å². The summed E-state index contributed by atoms with van der Waals surface area (Å²) in [5.41, 5.74) is 2.74. The molecule has 0 atom stereocenters. The summed E-state index contributed by atoms with van der Waals surface area (Å²) in [5.74, 6) is 1.67. The standard InChI is InChI=1S/C13H12.2C4H10/c1-3-7-12(8-4-1)11-13-9-5-2-6-10-13;2*1-4(2)3/h1-10H,11H2;2*4H,1-3H3. The molecule has 2 rings (SSSR count). The fourth-order valence-corrected chi connectivity index (χ4v) is 1.43. The van der Waals surface area contributed by atoms with Crippen molar-refractivity contribution in [1.82, 2.24) is 0 Å². The second-order valence-corrected chi connectivity index (χ2v) is 6.61. The van der Waals surface area contributed by atoms with Gasteiger partial charge in [-0.05, 0) is 29.4 Å². The molecular formula is C21H32. The van der Waals surface area contributed by atoms with Gasteiger partial charge in [-0.3, -0.25) is 0 Å². The van der Waals surface area contributed by atoms with Gasteiger partial charge in [0, 0.05) is 0 Å². The molecule has 0 radical (unpaired) electrons. The Kier molecular flexibility index (Phi) is 11.3. The lowest BCUT2D eigenvalue weighted by Gasteiger charge is -2.00. The lowest BCUT2D eigenvalue weighted by Crippen LogP contribution is -1.85. The van der Waals surface area contributed by atoms with Gasteiger partial charge < -0.3 is 0 Å². The molecule has 0 spiro atoms. The van der Waals surface area contributed by atoms with E-state index in [0.717, 1.165) is 18.3 Å². The maximum absolute atomic E-state index is 2.17. The molecule has 0 saturated carbocycles. The molecular weight excluding hydrogens is 252 g/mol. The van der Waals surface area contributed by atoms with Crippen molar-refractivity contribution in [1.29, 1.82) is 0 Å². The Labute approximate surface area is 132 Å². The molecule has 0 bridgehead atoms. The molecule has 0 fully saturated rings. The summed E-state index contributed by atoms with van der Waals surface area (Å²) in [6.45, 7) is 13.0. The lowest BCUT2D eigenvalue weighted by molar-refractivity contribution is 0.736. The van der Waals surface area contributed by atoms with Crippen LogP contribution in [0.25, 0.3) is 0 Å². The third-order valence-corrected chi connectivity index (χ3v) is 2.09. The highest BCUT2D eigenvalue weighted by molar-refractivity contribution is 5.25. The largest absolute Gasteiger partial charge is 0.0630 e. The minimum Gasteiger partial charge on any atom is -0.0630 e. The Hall–Kier alpha value is -1.56. The Morgan fingerprint density at radius 1 is 0.524 bits per heavy atom. The Morgan fingerprint density at radius 2 is 0.762 bits per heavy atom. The zero-order valence-corrected chi connectivity index (χ0v) is 14.6. The van der Waals surface area contributed by atoms with Crippen LogP contribution in [0.5, 0.6) is 0 Å². The molecule has 0 aliphatic carbocycles. The molecule has 0 aliphatic heterocycles. The molecule has 2 aromatic rings. The van der Waals surface area contributed by atoms with Gasteiger partial charge in [0.15, 0.2) is 0 Å². The van der Waals surface area contributed by atoms with E-state index in [9.17, 15) is 0 Å². The van der Waals surface area contributed by atoms with E-state index in [-0.39, 0.29) is 0 Å². The summed E-state index contributed by atoms with van der Waals surface area (Å²) in [6, 6.07) is 21.1. The lowest BCUT2D eigenvalue weighted by atomic mass is 10.1. The summed E-state index contributed by atoms with van der Waals surface area (Å²) < 4.78 is 0. The minimum absolute atomic E-state index is 0.833. The number of hydrogen-bond donors (Lipinski definition) is 0. The van der Waals surface area contributed by atoms with Gasteiger partial charge in [-0.15, -0.1) is 0 Å². The number of rotatable bonds is 2. The van der Waals surface area contributed by atoms with Crippen molar-refractivity contribution in [3.63, 3.8) is 0 Å². The zero-order valence-electron chi connectivity index (χ0n) is 14.6. The van der Waals surface area contributed by atoms with Gasteiger partial charge in [-0.1, -0.05) is 102 Å². The van der Waals surface area contributed by atoms with Crippen LogP contribution in [0.15, 0.2) is 60.7 Å². The minimum atomic E-state index is 0.833. The average molecular weight is 284 g/mol. The molecule has 0 unspecified atom stereocenters. The average Bonchev–Trinajstić information content (AvgIpc) is 2.40. The first-order chi connectivity index (χ1) is 9.91. The van der Waals surface area contributed by atoms with Gasteiger partial charge in [0.1, 0.15) is 0 Å². The molecule has 2 aromatic carbocycles. The molecule has 116 valence electrons. The van der Waals surface area contributed by atoms with Crippen molar-refractivity contribution in [3.8, 4) is 0 Å². The monoisotopic (exact) mass is 284 g/mol. The summed E-state index contributed by atoms with van der Waals surface area (Å²) in [4.78, 5) is 0. The van der Waals surface area contributed by atoms with Gasteiger partial charge in [0.2, 0.25) is 0 Å². The molecule has 21 heavy (non-hydrogen) atoms. The van der Waals surface area contributed by atoms with E-state index in [4.69, 9.17) is 0 Å². The van der Waals surface area contributed by atoms with Crippen molar-refractivity contribution in [2.45, 2.75) is 48.0 Å². The summed E-state index contributed by atoms with van der Waals surface area (Å²) in [5, 5.41) is 0. The molecule has 0 heterocycles. The van der Waals surface area contributed by atoms with Crippen LogP contribution in [-0.4, -0.2) is 0 Å². The molecule has 0 N–H and O–H groups in total. The highest BCUT2D eigenvalue weighted by Gasteiger charge is 1.92. The van der Waals surface area contributed by atoms with Crippen molar-refractivity contribution < 1.29 is 0 Å². The Morgan fingerprint density at radius 3 is 1.00 bits per heavy atom. The predicted octanol–water partition coefficient (Wildman–Crippen LogP) is 6.60. The maximum atomic E-state index is 2.17. The highest BCUT2D eigenvalue weighted by atomic mass is 14.0. The van der Waals surface area contributed by atoms with E-state index in [1.54, 1.807) is 0 Å². The van der Waals surface area contributed by atoms with Crippen LogP contribution >= 0.6 is 0 Å². The Bertz CT molecular complexity index is 377. The molecule has 0 amide bonds. The van der Waals surface area contributed by atoms with Crippen LogP contribution in [0.3, 0.4) is 0 Å². The van der Waals surface area contributed by atoms with Crippen LogP contribution in [-0.2, 0) is 6.42 Å². The fraction of sp³-hybridized carbons (Fsp3) is 0.429. The van der Waals surface area contributed by atoms with Crippen molar-refractivity contribution in [2.24, 2.45) is 11.8 Å². The first-order valence-electron chi connectivity index (χ1n) is 7.99. The predicted molar refractivity (Wildman–Crippen MR) is 96.7 cm³/mol. The summed E-state index contributed by atoms with van der Waals surface area (Å²) >= 11 is 0. The van der Waals surface area contributed by atoms with Gasteiger partial charge in [-0.2, -0.15) is 0 Å². The first kappa shape index (κ1) is 19.4. The van der Waals surface area contributed by atoms with Gasteiger partial charge in [0.05, 0.1) is 0 Å². The van der Waals surface area contributed by atoms with E-state index in [1.165, 1.54) is 11.1 Å². The van der Waals surface area contributed by atoms with Crippen LogP contribution in [0.4, 0.5) is 0 Å². The third kappa shape index (κ3) is 14.7. The highest BCUT2D eigenvalue weighted by Crippen LogP contribution is 2.07. The quantitative estimate of drug-likeness (QED) is 0.582. The number of benzene rings is 2. The van der Waals surface area contributed by atoms with E-state index in [2.05, 4.69) is 102 Å². The first-order valence-corrected chi connectivity index (χ1v) is 7.99.